The number of amides is 1. The van der Waals surface area contributed by atoms with Crippen molar-refractivity contribution in [1.29, 1.82) is 0 Å². The van der Waals surface area contributed by atoms with Gasteiger partial charge in [-0.25, -0.2) is 0 Å². The molecule has 4 rings (SSSR count). The maximum atomic E-state index is 12.6. The summed E-state index contributed by atoms with van der Waals surface area (Å²) in [6, 6.07) is -1.41. The molecule has 0 aromatic carbocycles. The average molecular weight is 586 g/mol. The van der Waals surface area contributed by atoms with E-state index in [9.17, 15) is 20.1 Å². The van der Waals surface area contributed by atoms with Crippen molar-refractivity contribution in [3.63, 3.8) is 0 Å². The van der Waals surface area contributed by atoms with Crippen molar-refractivity contribution in [3.8, 4) is 0 Å². The van der Waals surface area contributed by atoms with E-state index in [1.54, 1.807) is 0 Å². The lowest BCUT2D eigenvalue weighted by Crippen LogP contribution is -2.66. The van der Waals surface area contributed by atoms with Crippen LogP contribution in [0.15, 0.2) is 11.8 Å². The van der Waals surface area contributed by atoms with Crippen LogP contribution in [-0.2, 0) is 23.7 Å². The van der Waals surface area contributed by atoms with Crippen LogP contribution >= 0.6 is 0 Å². The molecule has 0 aromatic heterocycles. The SMILES string of the molecule is C[C@@H]1CO[C@H](O[C@@H]2[C@@H](O)[C@H](O[C@@H]3CCC=C(CNCC4CCNCC4)O3)[C@@H](N)C[C@H]2NC(=O)[C@H](O)CCN)[C@H](O)C1. The highest BCUT2D eigenvalue weighted by Crippen LogP contribution is 2.31. The van der Waals surface area contributed by atoms with Gasteiger partial charge in [-0.2, -0.15) is 0 Å². The summed E-state index contributed by atoms with van der Waals surface area (Å²) < 4.78 is 24.2. The topological polar surface area (TPSA) is 203 Å². The van der Waals surface area contributed by atoms with Gasteiger partial charge in [0.05, 0.1) is 19.2 Å². The Labute approximate surface area is 242 Å². The van der Waals surface area contributed by atoms with Gasteiger partial charge in [0.15, 0.2) is 12.6 Å². The van der Waals surface area contributed by atoms with Gasteiger partial charge in [-0.05, 0) is 82.6 Å². The number of aliphatic hydroxyl groups is 3. The zero-order chi connectivity index (χ0) is 29.4. The number of rotatable bonds is 12. The molecule has 1 aliphatic carbocycles. The predicted molar refractivity (Wildman–Crippen MR) is 150 cm³/mol. The molecule has 0 aromatic rings. The molecule has 10 atom stereocenters. The molecule has 3 aliphatic heterocycles. The first-order chi connectivity index (χ1) is 19.7. The zero-order valence-corrected chi connectivity index (χ0v) is 24.2. The van der Waals surface area contributed by atoms with Gasteiger partial charge in [0, 0.05) is 12.5 Å². The Morgan fingerprint density at radius 3 is 2.71 bits per heavy atom. The molecular formula is C28H51N5O8. The first kappa shape index (κ1) is 32.5. The molecule has 10 N–H and O–H groups in total. The summed E-state index contributed by atoms with van der Waals surface area (Å²) >= 11 is 0. The lowest BCUT2D eigenvalue weighted by atomic mass is 9.83. The summed E-state index contributed by atoms with van der Waals surface area (Å²) in [7, 11) is 0. The summed E-state index contributed by atoms with van der Waals surface area (Å²) in [6.45, 7) is 6.15. The second-order valence-corrected chi connectivity index (χ2v) is 12.0. The van der Waals surface area contributed by atoms with Crippen LogP contribution in [0.1, 0.15) is 51.9 Å². The third kappa shape index (κ3) is 9.30. The summed E-state index contributed by atoms with van der Waals surface area (Å²) in [6.07, 6.45) is -0.373. The Morgan fingerprint density at radius 2 is 1.98 bits per heavy atom. The van der Waals surface area contributed by atoms with E-state index in [0.717, 1.165) is 44.7 Å². The van der Waals surface area contributed by atoms with Crippen molar-refractivity contribution in [2.75, 3.05) is 39.3 Å². The van der Waals surface area contributed by atoms with Crippen molar-refractivity contribution < 1.29 is 39.1 Å². The van der Waals surface area contributed by atoms with E-state index >= 15 is 0 Å². The molecule has 0 spiro atoms. The van der Waals surface area contributed by atoms with Crippen LogP contribution in [0.25, 0.3) is 0 Å². The number of allylic oxidation sites excluding steroid dienone is 1. The van der Waals surface area contributed by atoms with Crippen molar-refractivity contribution in [3.05, 3.63) is 11.8 Å². The fourth-order valence-electron chi connectivity index (χ4n) is 6.08. The maximum Gasteiger partial charge on any atom is 0.249 e. The lowest BCUT2D eigenvalue weighted by Gasteiger charge is -2.46. The Hall–Kier alpha value is -1.39. The minimum atomic E-state index is -1.30. The van der Waals surface area contributed by atoms with Crippen LogP contribution in [0, 0.1) is 11.8 Å². The molecule has 1 amide bonds. The van der Waals surface area contributed by atoms with E-state index < -0.39 is 61.1 Å². The van der Waals surface area contributed by atoms with Gasteiger partial charge in [-0.3, -0.25) is 4.79 Å². The monoisotopic (exact) mass is 585 g/mol. The second-order valence-electron chi connectivity index (χ2n) is 12.0. The number of carbonyl (C=O) groups is 1. The van der Waals surface area contributed by atoms with Gasteiger partial charge < -0.3 is 61.7 Å². The number of nitrogens with two attached hydrogens (primary N) is 2. The molecule has 0 radical (unpaired) electrons. The molecule has 13 nitrogen and oxygen atoms in total. The first-order valence-electron chi connectivity index (χ1n) is 15.2. The number of aliphatic hydroxyl groups excluding tert-OH is 3. The molecule has 2 saturated heterocycles. The first-order valence-corrected chi connectivity index (χ1v) is 15.2. The number of ether oxygens (including phenoxy) is 4. The van der Waals surface area contributed by atoms with Crippen LogP contribution < -0.4 is 27.4 Å². The minimum absolute atomic E-state index is 0.0916. The van der Waals surface area contributed by atoms with Crippen LogP contribution in [0.2, 0.25) is 0 Å². The molecule has 0 bridgehead atoms. The van der Waals surface area contributed by atoms with Crippen molar-refractivity contribution in [2.45, 2.75) is 107 Å². The Bertz CT molecular complexity index is 846. The zero-order valence-electron chi connectivity index (χ0n) is 24.2. The van der Waals surface area contributed by atoms with Gasteiger partial charge >= 0.3 is 0 Å². The number of hydrogen-bond donors (Lipinski definition) is 8. The summed E-state index contributed by atoms with van der Waals surface area (Å²) in [5, 5.41) is 41.8. The summed E-state index contributed by atoms with van der Waals surface area (Å²) in [5.41, 5.74) is 12.0. The van der Waals surface area contributed by atoms with Gasteiger partial charge in [0.25, 0.3) is 0 Å². The molecule has 13 heteroatoms. The highest BCUT2D eigenvalue weighted by atomic mass is 16.7. The minimum Gasteiger partial charge on any atom is -0.468 e. The van der Waals surface area contributed by atoms with Crippen molar-refractivity contribution in [2.24, 2.45) is 23.3 Å². The highest BCUT2D eigenvalue weighted by molar-refractivity contribution is 5.80. The van der Waals surface area contributed by atoms with Gasteiger partial charge in [-0.15, -0.1) is 0 Å². The molecular weight excluding hydrogens is 534 g/mol. The number of carbonyl (C=O) groups excluding carboxylic acids is 1. The molecule has 3 fully saturated rings. The quantitative estimate of drug-likeness (QED) is 0.130. The van der Waals surface area contributed by atoms with E-state index in [2.05, 4.69) is 22.0 Å². The molecule has 4 aliphatic rings. The molecule has 1 saturated carbocycles. The van der Waals surface area contributed by atoms with E-state index in [1.165, 1.54) is 0 Å². The third-order valence-corrected chi connectivity index (χ3v) is 8.44. The molecule has 41 heavy (non-hydrogen) atoms. The number of piperidine rings is 1. The van der Waals surface area contributed by atoms with Crippen LogP contribution in [-0.4, -0.2) is 116 Å². The van der Waals surface area contributed by atoms with Gasteiger partial charge in [-0.1, -0.05) is 6.92 Å². The van der Waals surface area contributed by atoms with Crippen molar-refractivity contribution in [1.82, 2.24) is 16.0 Å². The standard InChI is InChI=1S/C28H51N5O8/c1-16-11-22(35)28(38-15-16)41-26-20(33-27(37)21(34)5-8-29)12-19(30)25(24(26)36)40-23-4-2-3-18(39-23)14-32-13-17-6-9-31-10-7-17/h3,16-17,19-26,28,31-32,34-36H,2,4-15,29-30H2,1H3,(H,33,37)/t16-,19-,20+,21+,22+,23+,24-,25+,26-,28+/m0/s1. The van der Waals surface area contributed by atoms with E-state index in [4.69, 9.17) is 30.4 Å². The van der Waals surface area contributed by atoms with E-state index in [0.29, 0.717) is 31.9 Å². The number of nitrogens with one attached hydrogen (secondary N) is 3. The predicted octanol–water partition coefficient (Wildman–Crippen LogP) is -1.60. The maximum absolute atomic E-state index is 12.6. The van der Waals surface area contributed by atoms with Crippen molar-refractivity contribution >= 4 is 5.91 Å². The lowest BCUT2D eigenvalue weighted by molar-refractivity contribution is -0.282. The summed E-state index contributed by atoms with van der Waals surface area (Å²) in [5.74, 6) is 0.981. The number of hydrogen-bond acceptors (Lipinski definition) is 12. The third-order valence-electron chi connectivity index (χ3n) is 8.44. The normalized spacial score (nSPS) is 37.6. The summed E-state index contributed by atoms with van der Waals surface area (Å²) in [4.78, 5) is 12.6. The fourth-order valence-corrected chi connectivity index (χ4v) is 6.08. The molecule has 3 heterocycles. The van der Waals surface area contributed by atoms with E-state index in [1.807, 2.05) is 6.92 Å². The Kier molecular flexibility index (Phi) is 12.6. The Balaban J connectivity index is 1.37. The fraction of sp³-hybridized carbons (Fsp3) is 0.893. The molecule has 236 valence electrons. The largest absolute Gasteiger partial charge is 0.468 e. The average Bonchev–Trinajstić information content (AvgIpc) is 2.95. The van der Waals surface area contributed by atoms with Crippen LogP contribution in [0.4, 0.5) is 0 Å². The van der Waals surface area contributed by atoms with Gasteiger partial charge in [0.2, 0.25) is 5.91 Å². The highest BCUT2D eigenvalue weighted by Gasteiger charge is 2.48. The van der Waals surface area contributed by atoms with Gasteiger partial charge in [0.1, 0.15) is 36.3 Å². The molecule has 0 unspecified atom stereocenters. The second kappa shape index (κ2) is 15.9. The smallest absolute Gasteiger partial charge is 0.249 e. The Morgan fingerprint density at radius 1 is 1.20 bits per heavy atom. The van der Waals surface area contributed by atoms with Crippen LogP contribution in [0.5, 0.6) is 0 Å². The van der Waals surface area contributed by atoms with E-state index in [-0.39, 0.29) is 25.3 Å². The van der Waals surface area contributed by atoms with Crippen LogP contribution in [0.3, 0.4) is 0 Å².